The maximum absolute atomic E-state index is 9.28. The highest BCUT2D eigenvalue weighted by molar-refractivity contribution is 5.87. The highest BCUT2D eigenvalue weighted by atomic mass is 16.5. The van der Waals surface area contributed by atoms with Gasteiger partial charge in [-0.1, -0.05) is 30.3 Å². The molecule has 0 radical (unpaired) electrons. The van der Waals surface area contributed by atoms with Gasteiger partial charge < -0.3 is 15.2 Å². The molecular weight excluding hydrogens is 226 g/mol. The molecule has 0 saturated carbocycles. The molecule has 18 heavy (non-hydrogen) atoms. The van der Waals surface area contributed by atoms with Gasteiger partial charge in [0.05, 0.1) is 13.2 Å². The van der Waals surface area contributed by atoms with Crippen molar-refractivity contribution in [2.24, 2.45) is 0 Å². The summed E-state index contributed by atoms with van der Waals surface area (Å²) in [5.74, 6) is 0.881. The largest absolute Gasteiger partial charge is 0.496 e. The van der Waals surface area contributed by atoms with Crippen molar-refractivity contribution >= 4 is 10.8 Å². The van der Waals surface area contributed by atoms with E-state index in [1.807, 2.05) is 18.2 Å². The first-order valence-corrected chi connectivity index (χ1v) is 6.15. The lowest BCUT2D eigenvalue weighted by Gasteiger charge is -2.13. The number of hydrogen-bond donors (Lipinski definition) is 2. The Morgan fingerprint density at radius 1 is 1.22 bits per heavy atom. The number of fused-ring (bicyclic) bond motifs is 1. The Bertz CT molecular complexity index is 523. The molecule has 0 heterocycles. The maximum atomic E-state index is 9.28. The van der Waals surface area contributed by atoms with Crippen LogP contribution < -0.4 is 10.1 Å². The fourth-order valence-electron chi connectivity index (χ4n) is 2.10. The van der Waals surface area contributed by atoms with Gasteiger partial charge in [-0.2, -0.15) is 0 Å². The van der Waals surface area contributed by atoms with Crippen LogP contribution in [0.4, 0.5) is 0 Å². The molecule has 0 saturated heterocycles. The summed E-state index contributed by atoms with van der Waals surface area (Å²) in [5.41, 5.74) is 1.14. The van der Waals surface area contributed by atoms with Crippen LogP contribution in [0.3, 0.4) is 0 Å². The van der Waals surface area contributed by atoms with Gasteiger partial charge in [-0.05, 0) is 23.8 Å². The third-order valence-electron chi connectivity index (χ3n) is 2.96. The quantitative estimate of drug-likeness (QED) is 0.849. The van der Waals surface area contributed by atoms with Gasteiger partial charge in [0.15, 0.2) is 0 Å². The van der Waals surface area contributed by atoms with Crippen LogP contribution in [0, 0.1) is 0 Å². The maximum Gasteiger partial charge on any atom is 0.123 e. The van der Waals surface area contributed by atoms with Crippen molar-refractivity contribution in [3.8, 4) is 5.75 Å². The Labute approximate surface area is 107 Å². The van der Waals surface area contributed by atoms with Crippen LogP contribution in [0.15, 0.2) is 36.4 Å². The molecule has 1 atom stereocenters. The molecule has 3 nitrogen and oxygen atoms in total. The molecule has 96 valence electrons. The monoisotopic (exact) mass is 245 g/mol. The minimum absolute atomic E-state index is 0.342. The van der Waals surface area contributed by atoms with Gasteiger partial charge in [0, 0.05) is 18.7 Å². The predicted octanol–water partition coefficient (Wildman–Crippen LogP) is 2.32. The molecule has 2 aromatic carbocycles. The van der Waals surface area contributed by atoms with Crippen LogP contribution in [0.1, 0.15) is 12.5 Å². The molecule has 0 unspecified atom stereocenters. The first-order chi connectivity index (χ1) is 8.72. The summed E-state index contributed by atoms with van der Waals surface area (Å²) in [7, 11) is 1.68. The average Bonchev–Trinajstić information content (AvgIpc) is 2.38. The average molecular weight is 245 g/mol. The normalized spacial score (nSPS) is 12.6. The van der Waals surface area contributed by atoms with Crippen molar-refractivity contribution < 1.29 is 9.84 Å². The van der Waals surface area contributed by atoms with Gasteiger partial charge in [-0.3, -0.25) is 0 Å². The highest BCUT2D eigenvalue weighted by Crippen LogP contribution is 2.27. The summed E-state index contributed by atoms with van der Waals surface area (Å²) in [4.78, 5) is 0. The number of ether oxygens (including phenoxy) is 1. The fraction of sp³-hybridized carbons (Fsp3) is 0.333. The molecule has 0 fully saturated rings. The summed E-state index contributed by atoms with van der Waals surface area (Å²) in [6.07, 6.45) is -0.342. The summed E-state index contributed by atoms with van der Waals surface area (Å²) in [6.45, 7) is 3.04. The molecule has 0 amide bonds. The number of hydrogen-bond acceptors (Lipinski definition) is 3. The van der Waals surface area contributed by atoms with Crippen molar-refractivity contribution in [3.63, 3.8) is 0 Å². The Balaban J connectivity index is 2.32. The van der Waals surface area contributed by atoms with Crippen molar-refractivity contribution in [2.75, 3.05) is 13.7 Å². The second kappa shape index (κ2) is 5.85. The van der Waals surface area contributed by atoms with E-state index in [0.717, 1.165) is 11.3 Å². The molecule has 0 spiro atoms. The van der Waals surface area contributed by atoms with E-state index in [9.17, 15) is 5.11 Å². The smallest absolute Gasteiger partial charge is 0.123 e. The molecule has 0 aromatic heterocycles. The lowest BCUT2D eigenvalue weighted by molar-refractivity contribution is 0.191. The lowest BCUT2D eigenvalue weighted by atomic mass is 10.0. The second-order valence-electron chi connectivity index (χ2n) is 4.45. The van der Waals surface area contributed by atoms with E-state index in [1.165, 1.54) is 10.8 Å². The van der Waals surface area contributed by atoms with Crippen molar-refractivity contribution in [2.45, 2.75) is 19.6 Å². The Hall–Kier alpha value is -1.58. The van der Waals surface area contributed by atoms with Crippen LogP contribution in [-0.4, -0.2) is 24.9 Å². The van der Waals surface area contributed by atoms with E-state index in [4.69, 9.17) is 4.74 Å². The van der Waals surface area contributed by atoms with Crippen LogP contribution in [0.25, 0.3) is 10.8 Å². The standard InChI is InChI=1S/C15H19NO2/c1-11(17)9-16-10-14-13-6-4-3-5-12(13)7-8-15(14)18-2/h3-8,11,16-17H,9-10H2,1-2H3/t11-/m0/s1. The zero-order valence-electron chi connectivity index (χ0n) is 10.8. The van der Waals surface area contributed by atoms with E-state index in [0.29, 0.717) is 13.1 Å². The van der Waals surface area contributed by atoms with E-state index >= 15 is 0 Å². The van der Waals surface area contributed by atoms with Gasteiger partial charge in [0.2, 0.25) is 0 Å². The summed E-state index contributed by atoms with van der Waals surface area (Å²) in [5, 5.41) is 14.9. The van der Waals surface area contributed by atoms with E-state index < -0.39 is 0 Å². The SMILES string of the molecule is COc1ccc2ccccc2c1CNC[C@H](C)O. The number of aliphatic hydroxyl groups is 1. The van der Waals surface area contributed by atoms with Gasteiger partial charge >= 0.3 is 0 Å². The van der Waals surface area contributed by atoms with E-state index in [-0.39, 0.29) is 6.10 Å². The Kier molecular flexibility index (Phi) is 4.18. The molecule has 2 N–H and O–H groups in total. The number of benzene rings is 2. The Morgan fingerprint density at radius 3 is 2.72 bits per heavy atom. The van der Waals surface area contributed by atoms with Gasteiger partial charge in [0.1, 0.15) is 5.75 Å². The number of aliphatic hydroxyl groups excluding tert-OH is 1. The summed E-state index contributed by atoms with van der Waals surface area (Å²) < 4.78 is 5.41. The topological polar surface area (TPSA) is 41.5 Å². The van der Waals surface area contributed by atoms with Crippen LogP contribution in [-0.2, 0) is 6.54 Å². The minimum atomic E-state index is -0.342. The third-order valence-corrected chi connectivity index (χ3v) is 2.96. The molecule has 3 heteroatoms. The predicted molar refractivity (Wildman–Crippen MR) is 73.9 cm³/mol. The minimum Gasteiger partial charge on any atom is -0.496 e. The Morgan fingerprint density at radius 2 is 2.00 bits per heavy atom. The molecule has 2 aromatic rings. The molecular formula is C15H19NO2. The zero-order valence-corrected chi connectivity index (χ0v) is 10.8. The van der Waals surface area contributed by atoms with Gasteiger partial charge in [-0.25, -0.2) is 0 Å². The zero-order chi connectivity index (χ0) is 13.0. The van der Waals surface area contributed by atoms with Crippen molar-refractivity contribution in [1.82, 2.24) is 5.32 Å². The van der Waals surface area contributed by atoms with Gasteiger partial charge in [0.25, 0.3) is 0 Å². The molecule has 0 aliphatic rings. The first-order valence-electron chi connectivity index (χ1n) is 6.15. The third kappa shape index (κ3) is 2.81. The van der Waals surface area contributed by atoms with Crippen LogP contribution in [0.2, 0.25) is 0 Å². The molecule has 0 aliphatic carbocycles. The van der Waals surface area contributed by atoms with Crippen LogP contribution >= 0.6 is 0 Å². The number of methoxy groups -OCH3 is 1. The lowest BCUT2D eigenvalue weighted by Crippen LogP contribution is -2.24. The van der Waals surface area contributed by atoms with E-state index in [2.05, 4.69) is 23.5 Å². The second-order valence-corrected chi connectivity index (χ2v) is 4.45. The molecule has 0 bridgehead atoms. The first kappa shape index (κ1) is 12.9. The summed E-state index contributed by atoms with van der Waals surface area (Å²) in [6, 6.07) is 12.3. The molecule has 2 rings (SSSR count). The fourth-order valence-corrected chi connectivity index (χ4v) is 2.10. The number of nitrogens with one attached hydrogen (secondary N) is 1. The van der Waals surface area contributed by atoms with E-state index in [1.54, 1.807) is 14.0 Å². The van der Waals surface area contributed by atoms with Crippen molar-refractivity contribution in [1.29, 1.82) is 0 Å². The summed E-state index contributed by atoms with van der Waals surface area (Å²) >= 11 is 0. The van der Waals surface area contributed by atoms with Gasteiger partial charge in [-0.15, -0.1) is 0 Å². The number of rotatable bonds is 5. The van der Waals surface area contributed by atoms with Crippen molar-refractivity contribution in [3.05, 3.63) is 42.0 Å². The van der Waals surface area contributed by atoms with Crippen LogP contribution in [0.5, 0.6) is 5.75 Å². The highest BCUT2D eigenvalue weighted by Gasteiger charge is 2.07. The molecule has 0 aliphatic heterocycles.